The molecule has 88 valence electrons. The van der Waals surface area contributed by atoms with E-state index in [0.29, 0.717) is 13.0 Å². The fourth-order valence-corrected chi connectivity index (χ4v) is 0.936. The molecule has 0 fully saturated rings. The van der Waals surface area contributed by atoms with Crippen LogP contribution in [0.2, 0.25) is 0 Å². The van der Waals surface area contributed by atoms with Gasteiger partial charge in [0.1, 0.15) is 0 Å². The summed E-state index contributed by atoms with van der Waals surface area (Å²) in [5.74, 6) is 0. The molecule has 0 spiro atoms. The third-order valence-corrected chi connectivity index (χ3v) is 1.66. The van der Waals surface area contributed by atoms with Gasteiger partial charge in [-0.2, -0.15) is 0 Å². The van der Waals surface area contributed by atoms with Gasteiger partial charge in [0.05, 0.1) is 5.60 Å². The summed E-state index contributed by atoms with van der Waals surface area (Å²) in [6, 6.07) is 0. The molecule has 0 heterocycles. The Balaban J connectivity index is 0. The molecular formula is C11H26O3. The number of aliphatic hydroxyl groups is 1. The van der Waals surface area contributed by atoms with E-state index in [-0.39, 0.29) is 12.2 Å². The first-order chi connectivity index (χ1) is 6.54. The van der Waals surface area contributed by atoms with E-state index in [0.717, 1.165) is 13.2 Å². The van der Waals surface area contributed by atoms with Crippen LogP contribution < -0.4 is 0 Å². The second kappa shape index (κ2) is 11.0. The predicted molar refractivity (Wildman–Crippen MR) is 59.6 cm³/mol. The Morgan fingerprint density at radius 2 is 1.50 bits per heavy atom. The average Bonchev–Trinajstić information content (AvgIpc) is 2.06. The van der Waals surface area contributed by atoms with E-state index in [9.17, 15) is 0 Å². The van der Waals surface area contributed by atoms with Crippen LogP contribution in [-0.2, 0) is 9.47 Å². The lowest BCUT2D eigenvalue weighted by atomic mass is 10.1. The topological polar surface area (TPSA) is 38.7 Å². The maximum Gasteiger partial charge on any atom is 0.0648 e. The van der Waals surface area contributed by atoms with E-state index in [1.54, 1.807) is 0 Å². The zero-order valence-electron chi connectivity index (χ0n) is 10.3. The maximum absolute atomic E-state index is 8.55. The van der Waals surface area contributed by atoms with E-state index in [4.69, 9.17) is 14.6 Å². The molecule has 0 aromatic carbocycles. The minimum Gasteiger partial charge on any atom is -0.396 e. The molecule has 0 aliphatic carbocycles. The zero-order chi connectivity index (χ0) is 11.4. The molecule has 0 aromatic heterocycles. The fourth-order valence-electron chi connectivity index (χ4n) is 0.936. The highest BCUT2D eigenvalue weighted by Gasteiger charge is 2.15. The molecule has 0 bridgehead atoms. The van der Waals surface area contributed by atoms with Crippen LogP contribution in [0, 0.1) is 0 Å². The normalized spacial score (nSPS) is 10.7. The van der Waals surface area contributed by atoms with Gasteiger partial charge in [-0.25, -0.2) is 0 Å². The smallest absolute Gasteiger partial charge is 0.0648 e. The van der Waals surface area contributed by atoms with Crippen LogP contribution in [-0.4, -0.2) is 37.1 Å². The number of rotatable bonds is 6. The summed E-state index contributed by atoms with van der Waals surface area (Å²) >= 11 is 0. The number of hydrogen-bond acceptors (Lipinski definition) is 3. The largest absolute Gasteiger partial charge is 0.396 e. The van der Waals surface area contributed by atoms with Crippen LogP contribution in [0.4, 0.5) is 0 Å². The quantitative estimate of drug-likeness (QED) is 0.724. The maximum atomic E-state index is 8.55. The third-order valence-electron chi connectivity index (χ3n) is 1.66. The van der Waals surface area contributed by atoms with Gasteiger partial charge < -0.3 is 14.6 Å². The van der Waals surface area contributed by atoms with Crippen LogP contribution in [0.5, 0.6) is 0 Å². The zero-order valence-corrected chi connectivity index (χ0v) is 10.3. The Morgan fingerprint density at radius 3 is 1.71 bits per heavy atom. The van der Waals surface area contributed by atoms with Gasteiger partial charge in [-0.3, -0.25) is 0 Å². The molecule has 0 rings (SSSR count). The summed E-state index contributed by atoms with van der Waals surface area (Å²) in [6.07, 6.45) is 0.709. The SMILES string of the molecule is CCOC(C)(C)CCO.CCOCC. The van der Waals surface area contributed by atoms with Crippen LogP contribution >= 0.6 is 0 Å². The first-order valence-corrected chi connectivity index (χ1v) is 5.36. The summed E-state index contributed by atoms with van der Waals surface area (Å²) in [6.45, 7) is 12.5. The molecule has 0 radical (unpaired) electrons. The Bertz CT molecular complexity index is 92.7. The van der Waals surface area contributed by atoms with Gasteiger partial charge in [0.25, 0.3) is 0 Å². The summed E-state index contributed by atoms with van der Waals surface area (Å²) < 4.78 is 10.1. The number of hydrogen-bond donors (Lipinski definition) is 1. The molecule has 3 nitrogen and oxygen atoms in total. The van der Waals surface area contributed by atoms with Crippen molar-refractivity contribution in [1.82, 2.24) is 0 Å². The summed E-state index contributed by atoms with van der Waals surface area (Å²) in [4.78, 5) is 0. The van der Waals surface area contributed by atoms with Crippen molar-refractivity contribution in [3.05, 3.63) is 0 Å². The van der Waals surface area contributed by atoms with Crippen molar-refractivity contribution >= 4 is 0 Å². The molecule has 0 saturated carbocycles. The Kier molecular flexibility index (Phi) is 12.8. The van der Waals surface area contributed by atoms with Gasteiger partial charge in [0.2, 0.25) is 0 Å². The van der Waals surface area contributed by atoms with E-state index < -0.39 is 0 Å². The summed E-state index contributed by atoms with van der Waals surface area (Å²) in [5, 5.41) is 8.55. The molecule has 3 heteroatoms. The highest BCUT2D eigenvalue weighted by molar-refractivity contribution is 4.66. The second-order valence-electron chi connectivity index (χ2n) is 3.45. The molecule has 14 heavy (non-hydrogen) atoms. The second-order valence-corrected chi connectivity index (χ2v) is 3.45. The highest BCUT2D eigenvalue weighted by Crippen LogP contribution is 2.12. The monoisotopic (exact) mass is 206 g/mol. The van der Waals surface area contributed by atoms with Gasteiger partial charge in [-0.1, -0.05) is 0 Å². The van der Waals surface area contributed by atoms with E-state index >= 15 is 0 Å². The first kappa shape index (κ1) is 16.3. The first-order valence-electron chi connectivity index (χ1n) is 5.36. The molecule has 0 unspecified atom stereocenters. The predicted octanol–water partition coefficient (Wildman–Crippen LogP) is 2.23. The molecule has 0 saturated heterocycles. The number of ether oxygens (including phenoxy) is 2. The van der Waals surface area contributed by atoms with Crippen molar-refractivity contribution in [2.24, 2.45) is 0 Å². The minimum absolute atomic E-state index is 0.149. The Morgan fingerprint density at radius 1 is 1.00 bits per heavy atom. The van der Waals surface area contributed by atoms with Gasteiger partial charge >= 0.3 is 0 Å². The standard InChI is InChI=1S/C7H16O2.C4H10O/c1-4-9-7(2,3)5-6-8;1-3-5-4-2/h8H,4-6H2,1-3H3;3-4H2,1-2H3. The third kappa shape index (κ3) is 14.4. The summed E-state index contributed by atoms with van der Waals surface area (Å²) in [7, 11) is 0. The van der Waals surface area contributed by atoms with Crippen molar-refractivity contribution in [2.75, 3.05) is 26.4 Å². The fraction of sp³-hybridized carbons (Fsp3) is 1.00. The van der Waals surface area contributed by atoms with Crippen molar-refractivity contribution in [1.29, 1.82) is 0 Å². The van der Waals surface area contributed by atoms with E-state index in [2.05, 4.69) is 0 Å². The molecule has 0 aliphatic heterocycles. The van der Waals surface area contributed by atoms with Crippen LogP contribution in [0.25, 0.3) is 0 Å². The van der Waals surface area contributed by atoms with Gasteiger partial charge in [0, 0.05) is 26.4 Å². The lowest BCUT2D eigenvalue weighted by Crippen LogP contribution is -2.25. The molecule has 0 aliphatic rings. The molecule has 0 amide bonds. The molecule has 0 atom stereocenters. The van der Waals surface area contributed by atoms with Crippen molar-refractivity contribution in [3.63, 3.8) is 0 Å². The van der Waals surface area contributed by atoms with E-state index in [1.807, 2.05) is 34.6 Å². The Hall–Kier alpha value is -0.120. The highest BCUT2D eigenvalue weighted by atomic mass is 16.5. The Labute approximate surface area is 88.4 Å². The van der Waals surface area contributed by atoms with Gasteiger partial charge in [-0.05, 0) is 41.0 Å². The lowest BCUT2D eigenvalue weighted by molar-refractivity contribution is -0.0258. The lowest BCUT2D eigenvalue weighted by Gasteiger charge is -2.22. The van der Waals surface area contributed by atoms with Crippen molar-refractivity contribution in [2.45, 2.75) is 46.6 Å². The van der Waals surface area contributed by atoms with Crippen molar-refractivity contribution in [3.8, 4) is 0 Å². The van der Waals surface area contributed by atoms with Crippen LogP contribution in [0.3, 0.4) is 0 Å². The van der Waals surface area contributed by atoms with Crippen LogP contribution in [0.1, 0.15) is 41.0 Å². The number of aliphatic hydroxyl groups excluding tert-OH is 1. The van der Waals surface area contributed by atoms with E-state index in [1.165, 1.54) is 0 Å². The molecular weight excluding hydrogens is 180 g/mol. The van der Waals surface area contributed by atoms with Gasteiger partial charge in [-0.15, -0.1) is 0 Å². The average molecular weight is 206 g/mol. The minimum atomic E-state index is -0.149. The molecule has 0 aromatic rings. The van der Waals surface area contributed by atoms with Gasteiger partial charge in [0.15, 0.2) is 0 Å². The molecule has 1 N–H and O–H groups in total. The summed E-state index contributed by atoms with van der Waals surface area (Å²) in [5.41, 5.74) is -0.149. The van der Waals surface area contributed by atoms with Crippen LogP contribution in [0.15, 0.2) is 0 Å². The van der Waals surface area contributed by atoms with Crippen molar-refractivity contribution < 1.29 is 14.6 Å².